The fraction of sp³-hybridized carbons (Fsp3) is 0.375. The van der Waals surface area contributed by atoms with Crippen LogP contribution < -0.4 is 5.32 Å². The van der Waals surface area contributed by atoms with Crippen molar-refractivity contribution in [2.45, 2.75) is 31.7 Å². The Labute approximate surface area is 127 Å². The summed E-state index contributed by atoms with van der Waals surface area (Å²) in [5.74, 6) is -1.54. The Morgan fingerprint density at radius 2 is 2.05 bits per heavy atom. The quantitative estimate of drug-likeness (QED) is 0.948. The summed E-state index contributed by atoms with van der Waals surface area (Å²) in [5.41, 5.74) is 0.745. The molecule has 1 aromatic heterocycles. The van der Waals surface area contributed by atoms with Gasteiger partial charge in [0, 0.05) is 18.7 Å². The number of nitrogens with one attached hydrogen (secondary N) is 1. The van der Waals surface area contributed by atoms with Gasteiger partial charge in [-0.25, -0.2) is 8.78 Å². The molecule has 1 aliphatic rings. The maximum absolute atomic E-state index is 14.1. The molecule has 4 nitrogen and oxygen atoms in total. The zero-order chi connectivity index (χ0) is 15.9. The van der Waals surface area contributed by atoms with E-state index in [1.165, 1.54) is 16.8 Å². The van der Waals surface area contributed by atoms with Crippen LogP contribution in [0.2, 0.25) is 0 Å². The lowest BCUT2D eigenvalue weighted by Gasteiger charge is -2.43. The number of halogens is 2. The van der Waals surface area contributed by atoms with Crippen molar-refractivity contribution in [3.63, 3.8) is 0 Å². The zero-order valence-electron chi connectivity index (χ0n) is 12.5. The summed E-state index contributed by atoms with van der Waals surface area (Å²) in [6.45, 7) is 1.80. The van der Waals surface area contributed by atoms with E-state index in [9.17, 15) is 13.6 Å². The first-order chi connectivity index (χ1) is 10.4. The van der Waals surface area contributed by atoms with E-state index in [4.69, 9.17) is 0 Å². The first-order valence-electron chi connectivity index (χ1n) is 7.20. The predicted octanol–water partition coefficient (Wildman–Crippen LogP) is 2.82. The molecule has 0 radical (unpaired) electrons. The molecule has 0 saturated heterocycles. The molecule has 0 spiro atoms. The second-order valence-corrected chi connectivity index (χ2v) is 5.81. The van der Waals surface area contributed by atoms with Gasteiger partial charge in [-0.05, 0) is 38.3 Å². The first kappa shape index (κ1) is 14.7. The van der Waals surface area contributed by atoms with Gasteiger partial charge in [0.05, 0.1) is 11.2 Å². The van der Waals surface area contributed by atoms with Gasteiger partial charge in [0.1, 0.15) is 17.3 Å². The van der Waals surface area contributed by atoms with E-state index in [1.54, 1.807) is 20.0 Å². The fourth-order valence-corrected chi connectivity index (χ4v) is 2.97. The monoisotopic (exact) mass is 305 g/mol. The summed E-state index contributed by atoms with van der Waals surface area (Å²) in [4.78, 5) is 12.5. The van der Waals surface area contributed by atoms with E-state index in [2.05, 4.69) is 10.4 Å². The lowest BCUT2D eigenvalue weighted by Crippen LogP contribution is -2.51. The number of carbonyl (C=O) groups excluding carboxylic acids is 1. The minimum atomic E-state index is -0.757. The van der Waals surface area contributed by atoms with Crippen LogP contribution in [0, 0.1) is 18.6 Å². The number of rotatable bonds is 3. The molecule has 1 heterocycles. The summed E-state index contributed by atoms with van der Waals surface area (Å²) in [6, 6.07) is 5.18. The SMILES string of the molecule is Cc1cc(C(=O)NC2(c3ccc(F)cc3F)CCC2)n(C)n1. The first-order valence-corrected chi connectivity index (χ1v) is 7.20. The van der Waals surface area contributed by atoms with E-state index < -0.39 is 17.2 Å². The van der Waals surface area contributed by atoms with Gasteiger partial charge >= 0.3 is 0 Å². The van der Waals surface area contributed by atoms with E-state index in [0.717, 1.165) is 18.2 Å². The molecule has 0 bridgehead atoms. The second-order valence-electron chi connectivity index (χ2n) is 5.81. The van der Waals surface area contributed by atoms with Crippen LogP contribution in [-0.4, -0.2) is 15.7 Å². The number of aromatic nitrogens is 2. The van der Waals surface area contributed by atoms with E-state index >= 15 is 0 Å². The molecule has 116 valence electrons. The summed E-state index contributed by atoms with van der Waals surface area (Å²) in [7, 11) is 1.69. The molecule has 3 rings (SSSR count). The molecular weight excluding hydrogens is 288 g/mol. The maximum atomic E-state index is 14.1. The third-order valence-electron chi connectivity index (χ3n) is 4.24. The molecule has 0 aliphatic heterocycles. The molecule has 1 aromatic carbocycles. The van der Waals surface area contributed by atoms with Gasteiger partial charge in [-0.3, -0.25) is 9.48 Å². The number of amides is 1. The second kappa shape index (κ2) is 5.19. The molecule has 0 atom stereocenters. The maximum Gasteiger partial charge on any atom is 0.270 e. The Balaban J connectivity index is 1.91. The van der Waals surface area contributed by atoms with Gasteiger partial charge in [-0.2, -0.15) is 5.10 Å². The third-order valence-corrected chi connectivity index (χ3v) is 4.24. The van der Waals surface area contributed by atoms with Crippen LogP contribution >= 0.6 is 0 Å². The summed E-state index contributed by atoms with van der Waals surface area (Å²) in [6.07, 6.45) is 2.16. The molecular formula is C16H17F2N3O. The summed E-state index contributed by atoms with van der Waals surface area (Å²) in [5, 5.41) is 7.05. The fourth-order valence-electron chi connectivity index (χ4n) is 2.97. The van der Waals surface area contributed by atoms with E-state index in [1.807, 2.05) is 0 Å². The molecule has 0 unspecified atom stereocenters. The Morgan fingerprint density at radius 3 is 2.55 bits per heavy atom. The van der Waals surface area contributed by atoms with Crippen molar-refractivity contribution in [1.29, 1.82) is 0 Å². The Bertz CT molecular complexity index is 735. The number of hydrogen-bond donors (Lipinski definition) is 1. The standard InChI is InChI=1S/C16H17F2N3O/c1-10-8-14(21(2)20-10)15(22)19-16(6-3-7-16)12-5-4-11(17)9-13(12)18/h4-5,8-9H,3,6-7H2,1-2H3,(H,19,22). The van der Waals surface area contributed by atoms with Crippen LogP contribution in [-0.2, 0) is 12.6 Å². The smallest absolute Gasteiger partial charge is 0.270 e. The largest absolute Gasteiger partial charge is 0.341 e. The molecule has 1 fully saturated rings. The van der Waals surface area contributed by atoms with Gasteiger partial charge in [0.15, 0.2) is 0 Å². The number of aryl methyl sites for hydroxylation is 2. The lowest BCUT2D eigenvalue weighted by atomic mass is 9.71. The van der Waals surface area contributed by atoms with Gasteiger partial charge in [0.2, 0.25) is 0 Å². The van der Waals surface area contributed by atoms with Crippen LogP contribution in [0.4, 0.5) is 8.78 Å². The number of hydrogen-bond acceptors (Lipinski definition) is 2. The van der Waals surface area contributed by atoms with Gasteiger partial charge < -0.3 is 5.32 Å². The number of carbonyl (C=O) groups is 1. The molecule has 22 heavy (non-hydrogen) atoms. The van der Waals surface area contributed by atoms with Crippen molar-refractivity contribution in [3.05, 3.63) is 52.9 Å². The van der Waals surface area contributed by atoms with Crippen LogP contribution in [0.25, 0.3) is 0 Å². The normalized spacial score (nSPS) is 16.2. The highest BCUT2D eigenvalue weighted by Crippen LogP contribution is 2.42. The lowest BCUT2D eigenvalue weighted by molar-refractivity contribution is 0.0808. The molecule has 1 N–H and O–H groups in total. The summed E-state index contributed by atoms with van der Waals surface area (Å²) >= 11 is 0. The van der Waals surface area contributed by atoms with Crippen LogP contribution in [0.5, 0.6) is 0 Å². The van der Waals surface area contributed by atoms with Crippen molar-refractivity contribution in [1.82, 2.24) is 15.1 Å². The van der Waals surface area contributed by atoms with Crippen LogP contribution in [0.3, 0.4) is 0 Å². The molecule has 2 aromatic rings. The summed E-state index contributed by atoms with van der Waals surface area (Å²) < 4.78 is 28.7. The van der Waals surface area contributed by atoms with Crippen molar-refractivity contribution >= 4 is 5.91 Å². The highest BCUT2D eigenvalue weighted by Gasteiger charge is 2.42. The van der Waals surface area contributed by atoms with Crippen molar-refractivity contribution in [2.75, 3.05) is 0 Å². The predicted molar refractivity (Wildman–Crippen MR) is 77.3 cm³/mol. The highest BCUT2D eigenvalue weighted by atomic mass is 19.1. The minimum absolute atomic E-state index is 0.300. The zero-order valence-corrected chi connectivity index (χ0v) is 12.5. The third kappa shape index (κ3) is 2.38. The van der Waals surface area contributed by atoms with Crippen molar-refractivity contribution in [3.8, 4) is 0 Å². The van der Waals surface area contributed by atoms with E-state index in [-0.39, 0.29) is 5.91 Å². The van der Waals surface area contributed by atoms with Gasteiger partial charge in [-0.1, -0.05) is 6.07 Å². The number of nitrogens with zero attached hydrogens (tertiary/aromatic N) is 2. The van der Waals surface area contributed by atoms with E-state index in [0.29, 0.717) is 24.1 Å². The van der Waals surface area contributed by atoms with Gasteiger partial charge in [0.25, 0.3) is 5.91 Å². The Morgan fingerprint density at radius 1 is 1.32 bits per heavy atom. The molecule has 1 saturated carbocycles. The highest BCUT2D eigenvalue weighted by molar-refractivity contribution is 5.93. The van der Waals surface area contributed by atoms with Gasteiger partial charge in [-0.15, -0.1) is 0 Å². The average molecular weight is 305 g/mol. The molecule has 1 amide bonds. The van der Waals surface area contributed by atoms with Crippen molar-refractivity contribution < 1.29 is 13.6 Å². The number of benzene rings is 1. The van der Waals surface area contributed by atoms with Crippen LogP contribution in [0.1, 0.15) is 41.0 Å². The van der Waals surface area contributed by atoms with Crippen molar-refractivity contribution in [2.24, 2.45) is 7.05 Å². The topological polar surface area (TPSA) is 46.9 Å². The molecule has 1 aliphatic carbocycles. The average Bonchev–Trinajstić information content (AvgIpc) is 2.73. The molecule has 6 heteroatoms. The Hall–Kier alpha value is -2.24. The van der Waals surface area contributed by atoms with Crippen LogP contribution in [0.15, 0.2) is 24.3 Å². The Kier molecular flexibility index (Phi) is 3.47. The minimum Gasteiger partial charge on any atom is -0.341 e.